The Morgan fingerprint density at radius 1 is 1.03 bits per heavy atom. The summed E-state index contributed by atoms with van der Waals surface area (Å²) in [5.41, 5.74) is 11.6. The molecule has 0 amide bonds. The van der Waals surface area contributed by atoms with Gasteiger partial charge in [0.05, 0.1) is 5.69 Å². The lowest BCUT2D eigenvalue weighted by atomic mass is 9.72. The van der Waals surface area contributed by atoms with E-state index in [-0.39, 0.29) is 17.8 Å². The van der Waals surface area contributed by atoms with E-state index in [1.165, 1.54) is 11.1 Å². The van der Waals surface area contributed by atoms with Gasteiger partial charge in [-0.1, -0.05) is 54.6 Å². The molecule has 0 unspecified atom stereocenters. The zero-order chi connectivity index (χ0) is 21.9. The molecule has 1 aliphatic heterocycles. The first-order chi connectivity index (χ1) is 15.5. The highest BCUT2D eigenvalue weighted by Gasteiger charge is 2.34. The van der Waals surface area contributed by atoms with Gasteiger partial charge in [-0.2, -0.15) is 5.10 Å². The molecule has 160 valence electrons. The van der Waals surface area contributed by atoms with Crippen LogP contribution in [0.15, 0.2) is 65.5 Å². The Labute approximate surface area is 185 Å². The fourth-order valence-electron chi connectivity index (χ4n) is 4.60. The van der Waals surface area contributed by atoms with Crippen LogP contribution in [0.25, 0.3) is 28.1 Å². The highest BCUT2D eigenvalue weighted by Crippen LogP contribution is 2.41. The van der Waals surface area contributed by atoms with E-state index in [1.54, 1.807) is 11.6 Å². The van der Waals surface area contributed by atoms with E-state index in [0.29, 0.717) is 17.4 Å². The quantitative estimate of drug-likeness (QED) is 0.543. The van der Waals surface area contributed by atoms with Gasteiger partial charge in [-0.25, -0.2) is 19.0 Å². The van der Waals surface area contributed by atoms with Gasteiger partial charge in [0.15, 0.2) is 12.4 Å². The lowest BCUT2D eigenvalue weighted by Crippen LogP contribution is -2.43. The Balaban J connectivity index is 1.54. The van der Waals surface area contributed by atoms with E-state index < -0.39 is 0 Å². The van der Waals surface area contributed by atoms with E-state index in [1.807, 2.05) is 36.4 Å². The molecule has 0 atom stereocenters. The number of ether oxygens (including phenoxy) is 1. The molecule has 6 rings (SSSR count). The van der Waals surface area contributed by atoms with Crippen LogP contribution in [-0.2, 0) is 19.2 Å². The first kappa shape index (κ1) is 19.0. The van der Waals surface area contributed by atoms with Gasteiger partial charge >= 0.3 is 5.69 Å². The smallest absolute Gasteiger partial charge is 0.350 e. The molecular formula is C25H23N5O2. The maximum Gasteiger partial charge on any atom is 0.350 e. The second-order valence-corrected chi connectivity index (χ2v) is 8.61. The predicted molar refractivity (Wildman–Crippen MR) is 122 cm³/mol. The van der Waals surface area contributed by atoms with Crippen molar-refractivity contribution < 1.29 is 4.74 Å². The highest BCUT2D eigenvalue weighted by atomic mass is 16.5. The number of nitrogens with two attached hydrogens (primary N) is 1. The van der Waals surface area contributed by atoms with Gasteiger partial charge in [0, 0.05) is 23.7 Å². The normalized spacial score (nSPS) is 15.9. The average Bonchev–Trinajstić information content (AvgIpc) is 3.11. The van der Waals surface area contributed by atoms with Crippen LogP contribution in [0.3, 0.4) is 0 Å². The van der Waals surface area contributed by atoms with Crippen molar-refractivity contribution in [3.8, 4) is 34.0 Å². The van der Waals surface area contributed by atoms with Gasteiger partial charge in [0.1, 0.15) is 5.69 Å². The van der Waals surface area contributed by atoms with Crippen molar-refractivity contribution in [1.29, 1.82) is 0 Å². The van der Waals surface area contributed by atoms with E-state index in [0.717, 1.165) is 40.8 Å². The van der Waals surface area contributed by atoms with Gasteiger partial charge in [0.25, 0.3) is 0 Å². The topological polar surface area (TPSA) is 88.0 Å². The number of fused-ring (bicyclic) bond motifs is 3. The SMILES string of the molecule is Cn1nc2n(c1=O)-c1cc(-c3ccccc3)c(-c3ccc(C4(N)CCC4)cc3)nc1OC2. The summed E-state index contributed by atoms with van der Waals surface area (Å²) in [7, 11) is 1.64. The standard InChI is InChI=1S/C25H23N5O2/c1-29-24(31)30-20-14-19(16-6-3-2-4-7-16)22(27-23(20)32-15-21(30)28-29)17-8-10-18(11-9-17)25(26)12-5-13-25/h2-4,6-11,14H,5,12-13,15,26H2,1H3. The Morgan fingerprint density at radius 3 is 2.47 bits per heavy atom. The third-order valence-corrected chi connectivity index (χ3v) is 6.60. The second-order valence-electron chi connectivity index (χ2n) is 8.61. The molecular weight excluding hydrogens is 402 g/mol. The van der Waals surface area contributed by atoms with E-state index >= 15 is 0 Å². The molecule has 2 N–H and O–H groups in total. The molecule has 2 aliphatic rings. The van der Waals surface area contributed by atoms with Crippen LogP contribution < -0.4 is 16.2 Å². The number of rotatable bonds is 3. The third kappa shape index (κ3) is 2.81. The van der Waals surface area contributed by atoms with Crippen LogP contribution in [-0.4, -0.2) is 19.3 Å². The first-order valence-electron chi connectivity index (χ1n) is 10.8. The molecule has 1 fully saturated rings. The molecule has 7 nitrogen and oxygen atoms in total. The number of aryl methyl sites for hydroxylation is 1. The summed E-state index contributed by atoms with van der Waals surface area (Å²) in [6.07, 6.45) is 3.22. The summed E-state index contributed by atoms with van der Waals surface area (Å²) >= 11 is 0. The van der Waals surface area contributed by atoms with Crippen molar-refractivity contribution in [2.75, 3.05) is 0 Å². The molecule has 3 heterocycles. The molecule has 0 radical (unpaired) electrons. The van der Waals surface area contributed by atoms with Crippen LogP contribution in [0.5, 0.6) is 5.88 Å². The number of aromatic nitrogens is 4. The molecule has 0 saturated heterocycles. The number of benzene rings is 2. The van der Waals surface area contributed by atoms with Gasteiger partial charge < -0.3 is 10.5 Å². The van der Waals surface area contributed by atoms with E-state index in [2.05, 4.69) is 29.4 Å². The van der Waals surface area contributed by atoms with Crippen LogP contribution in [0.2, 0.25) is 0 Å². The third-order valence-electron chi connectivity index (χ3n) is 6.60. The van der Waals surface area contributed by atoms with Gasteiger partial charge in [0.2, 0.25) is 5.88 Å². The zero-order valence-electron chi connectivity index (χ0n) is 17.8. The summed E-state index contributed by atoms with van der Waals surface area (Å²) in [5.74, 6) is 0.998. The number of hydrogen-bond donors (Lipinski definition) is 1. The first-order valence-corrected chi connectivity index (χ1v) is 10.8. The summed E-state index contributed by atoms with van der Waals surface area (Å²) in [6, 6.07) is 20.4. The molecule has 0 spiro atoms. The molecule has 0 bridgehead atoms. The van der Waals surface area contributed by atoms with Gasteiger partial charge in [-0.05, 0) is 36.5 Å². The highest BCUT2D eigenvalue weighted by molar-refractivity contribution is 5.83. The number of nitrogens with zero attached hydrogens (tertiary/aromatic N) is 4. The number of hydrogen-bond acceptors (Lipinski definition) is 5. The monoisotopic (exact) mass is 425 g/mol. The summed E-state index contributed by atoms with van der Waals surface area (Å²) in [4.78, 5) is 17.6. The fraction of sp³-hybridized carbons (Fsp3) is 0.240. The summed E-state index contributed by atoms with van der Waals surface area (Å²) < 4.78 is 8.82. The van der Waals surface area contributed by atoms with Crippen LogP contribution in [0, 0.1) is 0 Å². The second kappa shape index (κ2) is 6.90. The van der Waals surface area contributed by atoms with Gasteiger partial charge in [-0.15, -0.1) is 0 Å². The van der Waals surface area contributed by atoms with Crippen LogP contribution in [0.4, 0.5) is 0 Å². The molecule has 2 aromatic carbocycles. The molecule has 2 aromatic heterocycles. The lowest BCUT2D eigenvalue weighted by Gasteiger charge is -2.38. The van der Waals surface area contributed by atoms with Crippen LogP contribution >= 0.6 is 0 Å². The maximum absolute atomic E-state index is 12.7. The zero-order valence-corrected chi connectivity index (χ0v) is 17.8. The summed E-state index contributed by atoms with van der Waals surface area (Å²) in [5, 5.41) is 4.28. The minimum absolute atomic E-state index is 0.203. The molecule has 4 aromatic rings. The van der Waals surface area contributed by atoms with Crippen molar-refractivity contribution in [3.05, 3.63) is 82.5 Å². The number of pyridine rings is 1. The molecule has 7 heteroatoms. The molecule has 32 heavy (non-hydrogen) atoms. The van der Waals surface area contributed by atoms with Crippen molar-refractivity contribution in [2.45, 2.75) is 31.4 Å². The molecule has 1 aliphatic carbocycles. The van der Waals surface area contributed by atoms with Gasteiger partial charge in [-0.3, -0.25) is 0 Å². The maximum atomic E-state index is 12.7. The van der Waals surface area contributed by atoms with E-state index in [4.69, 9.17) is 15.5 Å². The van der Waals surface area contributed by atoms with Crippen molar-refractivity contribution >= 4 is 0 Å². The van der Waals surface area contributed by atoms with Crippen molar-refractivity contribution in [1.82, 2.24) is 19.3 Å². The van der Waals surface area contributed by atoms with Crippen LogP contribution in [0.1, 0.15) is 30.7 Å². The Hall–Kier alpha value is -3.71. The predicted octanol–water partition coefficient (Wildman–Crippen LogP) is 3.53. The Kier molecular flexibility index (Phi) is 4.10. The summed E-state index contributed by atoms with van der Waals surface area (Å²) in [6.45, 7) is 0.203. The van der Waals surface area contributed by atoms with Crippen molar-refractivity contribution in [2.24, 2.45) is 12.8 Å². The average molecular weight is 425 g/mol. The minimum Gasteiger partial charge on any atom is -0.468 e. The fourth-order valence-corrected chi connectivity index (χ4v) is 4.60. The minimum atomic E-state index is -0.212. The van der Waals surface area contributed by atoms with Crippen molar-refractivity contribution in [3.63, 3.8) is 0 Å². The lowest BCUT2D eigenvalue weighted by molar-refractivity contribution is 0.253. The largest absolute Gasteiger partial charge is 0.468 e. The Bertz CT molecular complexity index is 1380. The van der Waals surface area contributed by atoms with E-state index in [9.17, 15) is 4.79 Å². The molecule has 1 saturated carbocycles. The Morgan fingerprint density at radius 2 is 1.78 bits per heavy atom.